The highest BCUT2D eigenvalue weighted by molar-refractivity contribution is 8.79. The largest absolute Gasteiger partial charge is 0.488 e. The Morgan fingerprint density at radius 1 is 1.04 bits per heavy atom. The van der Waals surface area contributed by atoms with E-state index in [4.69, 9.17) is 13.6 Å². The van der Waals surface area contributed by atoms with Crippen LogP contribution in [-0.2, 0) is 15.5 Å². The standard InChI is InChI=1S/C19H25FO3S2Si2/c1-19(2,18(22-26-3)23-27-4)11-15-9-10-16(25-24-15)13-21-17-8-6-5-7-14(17)12-20/h5-10,18H,11-13H2,1-4H3. The Bertz CT molecular complexity index is 662. The van der Waals surface area contributed by atoms with Crippen molar-refractivity contribution in [2.75, 3.05) is 6.61 Å². The van der Waals surface area contributed by atoms with Crippen molar-refractivity contribution in [3.05, 3.63) is 51.8 Å². The van der Waals surface area contributed by atoms with Crippen LogP contribution in [0.1, 0.15) is 25.8 Å². The lowest BCUT2D eigenvalue weighted by atomic mass is 9.88. The second-order valence-corrected chi connectivity index (χ2v) is 10.3. The fourth-order valence-electron chi connectivity index (χ4n) is 2.50. The topological polar surface area (TPSA) is 27.7 Å². The van der Waals surface area contributed by atoms with Crippen molar-refractivity contribution in [2.45, 2.75) is 46.3 Å². The highest BCUT2D eigenvalue weighted by Gasteiger charge is 2.32. The Morgan fingerprint density at radius 2 is 1.67 bits per heavy atom. The number of ether oxygens (including phenoxy) is 1. The lowest BCUT2D eigenvalue weighted by Crippen LogP contribution is -2.36. The minimum Gasteiger partial charge on any atom is -0.488 e. The Balaban J connectivity index is 1.94. The van der Waals surface area contributed by atoms with Crippen LogP contribution >= 0.6 is 21.6 Å². The normalized spacial score (nSPS) is 14.9. The number of benzene rings is 1. The molecule has 0 aromatic heterocycles. The van der Waals surface area contributed by atoms with Gasteiger partial charge in [-0.15, -0.1) is 0 Å². The molecule has 0 unspecified atom stereocenters. The minimum atomic E-state index is -0.516. The summed E-state index contributed by atoms with van der Waals surface area (Å²) in [4.78, 5) is 2.40. The first-order valence-corrected chi connectivity index (χ1v) is 13.6. The number of allylic oxidation sites excluding steroid dienone is 3. The third-order valence-corrected chi connectivity index (χ3v) is 7.39. The maximum absolute atomic E-state index is 13.0. The van der Waals surface area contributed by atoms with E-state index in [1.54, 1.807) is 27.7 Å². The molecule has 1 heterocycles. The maximum atomic E-state index is 13.0. The fraction of sp³-hybridized carbons (Fsp3) is 0.474. The van der Waals surface area contributed by atoms with Crippen LogP contribution in [-0.4, -0.2) is 32.4 Å². The molecule has 4 radical (unpaired) electrons. The number of hydrogen-bond donors (Lipinski definition) is 0. The number of hydrogen-bond acceptors (Lipinski definition) is 5. The Hall–Kier alpha value is -0.516. The summed E-state index contributed by atoms with van der Waals surface area (Å²) in [6, 6.07) is 7.24. The molecule has 0 aliphatic carbocycles. The number of para-hydroxylation sites is 1. The molecule has 0 amide bonds. The van der Waals surface area contributed by atoms with Gasteiger partial charge in [-0.25, -0.2) is 4.39 Å². The number of halogens is 1. The second-order valence-electron chi connectivity index (χ2n) is 6.60. The molecule has 3 nitrogen and oxygen atoms in total. The molecule has 1 aromatic carbocycles. The van der Waals surface area contributed by atoms with Crippen molar-refractivity contribution >= 4 is 41.1 Å². The van der Waals surface area contributed by atoms with Crippen molar-refractivity contribution in [1.29, 1.82) is 0 Å². The summed E-state index contributed by atoms with van der Waals surface area (Å²) >= 11 is 0. The zero-order chi connectivity index (χ0) is 19.7. The molecule has 1 aliphatic rings. The van der Waals surface area contributed by atoms with E-state index < -0.39 is 6.67 Å². The molecule has 0 N–H and O–H groups in total. The quantitative estimate of drug-likeness (QED) is 0.246. The van der Waals surface area contributed by atoms with Gasteiger partial charge in [0.2, 0.25) is 19.5 Å². The molecule has 0 bridgehead atoms. The second kappa shape index (κ2) is 11.5. The SMILES string of the molecule is C[Si]OC(O[Si]C)C(C)(C)CC1=CC=C(COc2ccccc2CF)SS1. The lowest BCUT2D eigenvalue weighted by molar-refractivity contribution is -0.0775. The van der Waals surface area contributed by atoms with Crippen molar-refractivity contribution in [1.82, 2.24) is 0 Å². The first kappa shape index (κ1) is 22.8. The molecule has 1 aromatic rings. The van der Waals surface area contributed by atoms with Gasteiger partial charge in [0.15, 0.2) is 0 Å². The van der Waals surface area contributed by atoms with E-state index in [1.165, 1.54) is 4.91 Å². The summed E-state index contributed by atoms with van der Waals surface area (Å²) in [6.07, 6.45) is 4.92. The van der Waals surface area contributed by atoms with Gasteiger partial charge in [-0.2, -0.15) is 0 Å². The molecular weight excluding hydrogens is 416 g/mol. The van der Waals surface area contributed by atoms with Gasteiger partial charge >= 0.3 is 0 Å². The maximum Gasteiger partial charge on any atom is 0.229 e. The van der Waals surface area contributed by atoms with E-state index >= 15 is 0 Å². The van der Waals surface area contributed by atoms with E-state index in [-0.39, 0.29) is 11.7 Å². The molecule has 146 valence electrons. The Labute approximate surface area is 174 Å². The average molecular weight is 441 g/mol. The highest BCUT2D eigenvalue weighted by Crippen LogP contribution is 2.46. The molecule has 0 atom stereocenters. The smallest absolute Gasteiger partial charge is 0.229 e. The van der Waals surface area contributed by atoms with Crippen LogP contribution in [0.5, 0.6) is 5.75 Å². The third-order valence-electron chi connectivity index (χ3n) is 3.92. The predicted octanol–water partition coefficient (Wildman–Crippen LogP) is 5.81. The molecule has 8 heteroatoms. The molecule has 0 fully saturated rings. The van der Waals surface area contributed by atoms with Gasteiger partial charge in [0.1, 0.15) is 25.3 Å². The van der Waals surface area contributed by atoms with Gasteiger partial charge in [0.05, 0.1) is 0 Å². The van der Waals surface area contributed by atoms with Crippen LogP contribution < -0.4 is 4.74 Å². The van der Waals surface area contributed by atoms with Crippen LogP contribution in [0.25, 0.3) is 0 Å². The number of rotatable bonds is 11. The van der Waals surface area contributed by atoms with Gasteiger partial charge in [-0.3, -0.25) is 0 Å². The van der Waals surface area contributed by atoms with Gasteiger partial charge in [-0.1, -0.05) is 59.7 Å². The molecule has 0 saturated heterocycles. The summed E-state index contributed by atoms with van der Waals surface area (Å²) in [5.41, 5.74) is 0.483. The fourth-order valence-corrected chi connectivity index (χ4v) is 6.06. The zero-order valence-corrected chi connectivity index (χ0v) is 19.7. The van der Waals surface area contributed by atoms with Crippen LogP contribution in [0.3, 0.4) is 0 Å². The van der Waals surface area contributed by atoms with E-state index in [0.29, 0.717) is 37.4 Å². The summed E-state index contributed by atoms with van der Waals surface area (Å²) in [6.45, 7) is 8.33. The molecule has 2 rings (SSSR count). The molecule has 0 saturated carbocycles. The molecule has 0 spiro atoms. The van der Waals surface area contributed by atoms with E-state index in [2.05, 4.69) is 26.0 Å². The predicted molar refractivity (Wildman–Crippen MR) is 116 cm³/mol. The molecule has 27 heavy (non-hydrogen) atoms. The lowest BCUT2D eigenvalue weighted by Gasteiger charge is -2.34. The monoisotopic (exact) mass is 440 g/mol. The van der Waals surface area contributed by atoms with Crippen LogP contribution in [0.4, 0.5) is 4.39 Å². The summed E-state index contributed by atoms with van der Waals surface area (Å²) < 4.78 is 30.4. The Morgan fingerprint density at radius 3 is 2.26 bits per heavy atom. The summed E-state index contributed by atoms with van der Waals surface area (Å²) in [7, 11) is 4.26. The van der Waals surface area contributed by atoms with Gasteiger partial charge in [0, 0.05) is 15.9 Å². The van der Waals surface area contributed by atoms with Crippen molar-refractivity contribution in [3.8, 4) is 5.75 Å². The first-order valence-electron chi connectivity index (χ1n) is 8.66. The number of alkyl halides is 1. The van der Waals surface area contributed by atoms with Crippen LogP contribution in [0, 0.1) is 5.41 Å². The van der Waals surface area contributed by atoms with Crippen molar-refractivity contribution < 1.29 is 18.0 Å². The average Bonchev–Trinajstić information content (AvgIpc) is 2.67. The summed E-state index contributed by atoms with van der Waals surface area (Å²) in [5.74, 6) is 0.611. The van der Waals surface area contributed by atoms with E-state index in [1.807, 2.05) is 31.3 Å². The van der Waals surface area contributed by atoms with E-state index in [9.17, 15) is 4.39 Å². The van der Waals surface area contributed by atoms with Gasteiger partial charge < -0.3 is 13.6 Å². The Kier molecular flexibility index (Phi) is 9.68. The van der Waals surface area contributed by atoms with Gasteiger partial charge in [0.25, 0.3) is 0 Å². The van der Waals surface area contributed by atoms with E-state index in [0.717, 1.165) is 11.3 Å². The minimum absolute atomic E-state index is 0.104. The third kappa shape index (κ3) is 7.10. The zero-order valence-electron chi connectivity index (χ0n) is 16.1. The van der Waals surface area contributed by atoms with Crippen LogP contribution in [0.2, 0.25) is 13.1 Å². The van der Waals surface area contributed by atoms with Crippen molar-refractivity contribution in [3.63, 3.8) is 0 Å². The van der Waals surface area contributed by atoms with Crippen molar-refractivity contribution in [2.24, 2.45) is 5.41 Å². The van der Waals surface area contributed by atoms with Gasteiger partial charge in [-0.05, 0) is 36.6 Å². The molecule has 1 aliphatic heterocycles. The first-order chi connectivity index (χ1) is 13.0. The van der Waals surface area contributed by atoms with Crippen LogP contribution in [0.15, 0.2) is 46.2 Å². The summed E-state index contributed by atoms with van der Waals surface area (Å²) in [5, 5.41) is 0. The highest BCUT2D eigenvalue weighted by atomic mass is 33.1. The molecular formula is C19H25FO3S2Si2.